The molecule has 0 spiro atoms. The van der Waals surface area contributed by atoms with Crippen LogP contribution in [-0.4, -0.2) is 18.4 Å². The lowest BCUT2D eigenvalue weighted by Crippen LogP contribution is -2.25. The number of ketones is 1. The first-order valence-electron chi connectivity index (χ1n) is 7.90. The minimum absolute atomic E-state index is 0.0179. The highest BCUT2D eigenvalue weighted by atomic mass is 16.5. The minimum Gasteiger partial charge on any atom is -0.445 e. The van der Waals surface area contributed by atoms with Gasteiger partial charge >= 0.3 is 6.09 Å². The highest BCUT2D eigenvalue weighted by molar-refractivity contribution is 6.00. The van der Waals surface area contributed by atoms with Crippen molar-refractivity contribution in [2.45, 2.75) is 26.4 Å². The predicted octanol–water partition coefficient (Wildman–Crippen LogP) is 3.47. The van der Waals surface area contributed by atoms with Crippen molar-refractivity contribution in [3.05, 3.63) is 65.2 Å². The van der Waals surface area contributed by atoms with Gasteiger partial charge in [-0.1, -0.05) is 42.0 Å². The Morgan fingerprint density at radius 3 is 2.62 bits per heavy atom. The lowest BCUT2D eigenvalue weighted by molar-refractivity contribution is 0.0978. The number of nitrogens with one attached hydrogen (secondary N) is 1. The van der Waals surface area contributed by atoms with E-state index < -0.39 is 6.09 Å². The van der Waals surface area contributed by atoms with E-state index in [2.05, 4.69) is 5.32 Å². The van der Waals surface area contributed by atoms with Gasteiger partial charge in [0.2, 0.25) is 0 Å². The molecular weight excluding hydrogens is 304 g/mol. The molecule has 2 aromatic rings. The van der Waals surface area contributed by atoms with Crippen molar-refractivity contribution in [3.63, 3.8) is 0 Å². The van der Waals surface area contributed by atoms with Gasteiger partial charge in [-0.15, -0.1) is 0 Å². The fourth-order valence-corrected chi connectivity index (χ4v) is 2.26. The summed E-state index contributed by atoms with van der Waals surface area (Å²) in [5.41, 5.74) is 8.78. The Morgan fingerprint density at radius 2 is 1.88 bits per heavy atom. The van der Waals surface area contributed by atoms with E-state index in [0.717, 1.165) is 11.1 Å². The van der Waals surface area contributed by atoms with Crippen LogP contribution in [0.1, 0.15) is 34.3 Å². The van der Waals surface area contributed by atoms with Crippen LogP contribution in [0.2, 0.25) is 0 Å². The Hall–Kier alpha value is -2.82. The van der Waals surface area contributed by atoms with Crippen LogP contribution in [0.3, 0.4) is 0 Å². The van der Waals surface area contributed by atoms with E-state index in [1.807, 2.05) is 43.3 Å². The number of amides is 1. The topological polar surface area (TPSA) is 81.4 Å². The summed E-state index contributed by atoms with van der Waals surface area (Å²) in [6, 6.07) is 14.9. The van der Waals surface area contributed by atoms with Crippen LogP contribution in [0, 0.1) is 6.92 Å². The zero-order valence-corrected chi connectivity index (χ0v) is 13.7. The zero-order valence-electron chi connectivity index (χ0n) is 13.7. The molecule has 0 aliphatic rings. The van der Waals surface area contributed by atoms with Crippen molar-refractivity contribution in [1.29, 1.82) is 0 Å². The molecule has 0 aromatic heterocycles. The quantitative estimate of drug-likeness (QED) is 0.464. The Balaban J connectivity index is 1.68. The number of carbonyl (C=O) groups excluding carboxylic acids is 2. The van der Waals surface area contributed by atoms with E-state index in [1.165, 1.54) is 0 Å². The van der Waals surface area contributed by atoms with Gasteiger partial charge in [-0.25, -0.2) is 4.79 Å². The molecule has 0 bridgehead atoms. The van der Waals surface area contributed by atoms with Crippen LogP contribution in [0.25, 0.3) is 0 Å². The van der Waals surface area contributed by atoms with Gasteiger partial charge in [0, 0.05) is 24.2 Å². The molecule has 5 heteroatoms. The van der Waals surface area contributed by atoms with E-state index in [-0.39, 0.29) is 12.4 Å². The minimum atomic E-state index is -0.485. The summed E-state index contributed by atoms with van der Waals surface area (Å²) >= 11 is 0. The number of rotatable bonds is 7. The fourth-order valence-electron chi connectivity index (χ4n) is 2.26. The number of nitrogens with two attached hydrogens (primary N) is 1. The summed E-state index contributed by atoms with van der Waals surface area (Å²) in [6.07, 6.45) is 0.376. The summed E-state index contributed by atoms with van der Waals surface area (Å²) in [7, 11) is 0. The molecule has 0 saturated heterocycles. The molecule has 126 valence electrons. The van der Waals surface area contributed by atoms with E-state index in [0.29, 0.717) is 30.6 Å². The number of nitrogen functional groups attached to an aromatic ring is 1. The number of Topliss-reactive ketones (excluding diaryl/α,β-unsaturated/α-hetero) is 1. The fraction of sp³-hybridized carbons (Fsp3) is 0.263. The molecule has 0 saturated carbocycles. The third-order valence-corrected chi connectivity index (χ3v) is 3.57. The first-order chi connectivity index (χ1) is 11.6. The third-order valence-electron chi connectivity index (χ3n) is 3.57. The molecule has 0 aliphatic carbocycles. The highest BCUT2D eigenvalue weighted by Gasteiger charge is 2.10. The van der Waals surface area contributed by atoms with Crippen molar-refractivity contribution in [2.75, 3.05) is 12.3 Å². The summed E-state index contributed by atoms with van der Waals surface area (Å²) < 4.78 is 5.10. The van der Waals surface area contributed by atoms with Gasteiger partial charge < -0.3 is 15.8 Å². The second kappa shape index (κ2) is 8.72. The molecule has 5 nitrogen and oxygen atoms in total. The van der Waals surface area contributed by atoms with Gasteiger partial charge in [-0.3, -0.25) is 4.79 Å². The van der Waals surface area contributed by atoms with E-state index >= 15 is 0 Å². The smallest absolute Gasteiger partial charge is 0.407 e. The maximum atomic E-state index is 12.1. The van der Waals surface area contributed by atoms with Crippen LogP contribution in [0.4, 0.5) is 10.5 Å². The third kappa shape index (κ3) is 5.43. The van der Waals surface area contributed by atoms with Crippen LogP contribution in [0.5, 0.6) is 0 Å². The Bertz CT molecular complexity index is 699. The molecule has 2 aromatic carbocycles. The monoisotopic (exact) mass is 326 g/mol. The van der Waals surface area contributed by atoms with Gasteiger partial charge in [0.15, 0.2) is 5.78 Å². The molecule has 0 fully saturated rings. The molecular formula is C19H22N2O3. The number of hydrogen-bond donors (Lipinski definition) is 2. The first-order valence-corrected chi connectivity index (χ1v) is 7.90. The first kappa shape index (κ1) is 17.5. The largest absolute Gasteiger partial charge is 0.445 e. The molecule has 0 aliphatic heterocycles. The van der Waals surface area contributed by atoms with Crippen molar-refractivity contribution < 1.29 is 14.3 Å². The van der Waals surface area contributed by atoms with Gasteiger partial charge in [0.1, 0.15) is 6.61 Å². The number of carbonyl (C=O) groups is 2. The molecule has 0 unspecified atom stereocenters. The van der Waals surface area contributed by atoms with Crippen molar-refractivity contribution >= 4 is 17.6 Å². The maximum absolute atomic E-state index is 12.1. The maximum Gasteiger partial charge on any atom is 0.407 e. The normalized spacial score (nSPS) is 10.2. The molecule has 0 radical (unpaired) electrons. The summed E-state index contributed by atoms with van der Waals surface area (Å²) in [5, 5.41) is 2.64. The van der Waals surface area contributed by atoms with Gasteiger partial charge in [-0.2, -0.15) is 0 Å². The van der Waals surface area contributed by atoms with Crippen LogP contribution >= 0.6 is 0 Å². The van der Waals surface area contributed by atoms with Crippen LogP contribution in [-0.2, 0) is 11.3 Å². The molecule has 0 atom stereocenters. The summed E-state index contributed by atoms with van der Waals surface area (Å²) in [4.78, 5) is 23.7. The molecule has 2 rings (SSSR count). The standard InChI is InChI=1S/C19H22N2O3/c1-14-9-10-17(20)16(12-14)18(22)8-5-11-21-19(23)24-13-15-6-3-2-4-7-15/h2-4,6-7,9-10,12H,5,8,11,13,20H2,1H3,(H,21,23). The van der Waals surface area contributed by atoms with Crippen molar-refractivity contribution in [2.24, 2.45) is 0 Å². The van der Waals surface area contributed by atoms with Crippen LogP contribution in [0.15, 0.2) is 48.5 Å². The van der Waals surface area contributed by atoms with Gasteiger partial charge in [-0.05, 0) is 31.0 Å². The number of anilines is 1. The molecule has 3 N–H and O–H groups in total. The number of aryl methyl sites for hydroxylation is 1. The summed E-state index contributed by atoms with van der Waals surface area (Å²) in [5.74, 6) is -0.0179. The lowest BCUT2D eigenvalue weighted by Gasteiger charge is -2.08. The number of hydrogen-bond acceptors (Lipinski definition) is 4. The zero-order chi connectivity index (χ0) is 17.4. The lowest BCUT2D eigenvalue weighted by atomic mass is 10.0. The number of ether oxygens (including phenoxy) is 1. The molecule has 0 heterocycles. The van der Waals surface area contributed by atoms with Gasteiger partial charge in [0.25, 0.3) is 0 Å². The highest BCUT2D eigenvalue weighted by Crippen LogP contribution is 2.16. The van der Waals surface area contributed by atoms with E-state index in [9.17, 15) is 9.59 Å². The summed E-state index contributed by atoms with van der Waals surface area (Å²) in [6.45, 7) is 2.52. The molecule has 1 amide bonds. The van der Waals surface area contributed by atoms with Crippen LogP contribution < -0.4 is 11.1 Å². The number of alkyl carbamates (subject to hydrolysis) is 1. The molecule has 24 heavy (non-hydrogen) atoms. The van der Waals surface area contributed by atoms with Crippen molar-refractivity contribution in [3.8, 4) is 0 Å². The second-order valence-electron chi connectivity index (χ2n) is 5.61. The SMILES string of the molecule is Cc1ccc(N)c(C(=O)CCCNC(=O)OCc2ccccc2)c1. The van der Waals surface area contributed by atoms with E-state index in [1.54, 1.807) is 12.1 Å². The Kier molecular flexibility index (Phi) is 6.37. The van der Waals surface area contributed by atoms with Crippen molar-refractivity contribution in [1.82, 2.24) is 5.32 Å². The number of benzene rings is 2. The Labute approximate surface area is 141 Å². The predicted molar refractivity (Wildman–Crippen MR) is 93.8 cm³/mol. The van der Waals surface area contributed by atoms with E-state index in [4.69, 9.17) is 10.5 Å². The Morgan fingerprint density at radius 1 is 1.12 bits per heavy atom. The average Bonchev–Trinajstić information content (AvgIpc) is 2.59. The average molecular weight is 326 g/mol. The van der Waals surface area contributed by atoms with Gasteiger partial charge in [0.05, 0.1) is 0 Å². The second-order valence-corrected chi connectivity index (χ2v) is 5.61.